The van der Waals surface area contributed by atoms with E-state index in [0.29, 0.717) is 0 Å². The van der Waals surface area contributed by atoms with E-state index in [1.807, 2.05) is 0 Å². The first-order chi connectivity index (χ1) is 1.00. The molecule has 0 aromatic rings. The summed E-state index contributed by atoms with van der Waals surface area (Å²) in [5.41, 5.74) is 0. The molecule has 1 N–H and O–H groups in total. The predicted octanol–water partition coefficient (Wildman–Crippen LogP) is -0.783. The summed E-state index contributed by atoms with van der Waals surface area (Å²) in [7, 11) is 0. The van der Waals surface area contributed by atoms with E-state index in [1.165, 1.54) is 0 Å². The molecule has 0 unspecified atom stereocenters. The molecule has 30 valence electrons. The van der Waals surface area contributed by atoms with E-state index in [0.717, 1.165) is 0 Å². The Morgan fingerprint density at radius 1 is 1.00 bits per heavy atom. The van der Waals surface area contributed by atoms with Crippen LogP contribution in [0.25, 0.3) is 0 Å². The molecule has 0 aliphatic carbocycles. The molecule has 0 atom stereocenters. The minimum atomic E-state index is 0. The van der Waals surface area contributed by atoms with Crippen molar-refractivity contribution < 1.29 is 24.3 Å². The van der Waals surface area contributed by atoms with Crippen LogP contribution < -0.4 is 18.9 Å². The second kappa shape index (κ2) is 29.5. The van der Waals surface area contributed by atoms with E-state index in [9.17, 15) is 0 Å². The van der Waals surface area contributed by atoms with Crippen molar-refractivity contribution in [1.82, 2.24) is 0 Å². The predicted molar refractivity (Wildman–Crippen MR) is 45.4 cm³/mol. The molecule has 0 aromatic carbocycles. The smallest absolute Gasteiger partial charge is 0.870 e. The first kappa shape index (κ1) is 25.1. The third kappa shape index (κ3) is 20.1. The van der Waals surface area contributed by atoms with Crippen LogP contribution in [0.4, 0.5) is 0 Å². The first-order valence-electron chi connectivity index (χ1n) is 0.143. The molecule has 0 saturated carbocycles. The Balaban J connectivity index is -0.00000000167. The van der Waals surface area contributed by atoms with E-state index in [-0.39, 0.29) is 48.3 Å². The molecule has 1 nitrogen and oxygen atoms in total. The fourth-order valence-electron chi connectivity index (χ4n) is 0. The number of rotatable bonds is 0. The van der Waals surface area contributed by atoms with Crippen molar-refractivity contribution in [1.29, 1.82) is 0 Å². The molecule has 0 saturated heterocycles. The average molecular weight is 406 g/mol. The van der Waals surface area contributed by atoms with Gasteiger partial charge in [0.2, 0.25) is 0 Å². The first-order valence-corrected chi connectivity index (χ1v) is 6.43. The molecule has 5 heavy (non-hydrogen) atoms. The fourth-order valence-corrected chi connectivity index (χ4v) is 0. The summed E-state index contributed by atoms with van der Waals surface area (Å²) in [5, 5.41) is 0. The zero-order chi connectivity index (χ0) is 2.00. The Labute approximate surface area is 83.9 Å². The van der Waals surface area contributed by atoms with Gasteiger partial charge >= 0.3 is 18.9 Å². The minimum absolute atomic E-state index is 0. The SMILES string of the molecule is I.II.[Li+].[OH-]. The molecule has 0 radical (unpaired) electrons. The van der Waals surface area contributed by atoms with Crippen LogP contribution in [0, 0.1) is 0 Å². The number of hydrogen-bond acceptors (Lipinski definition) is 1. The van der Waals surface area contributed by atoms with Crippen molar-refractivity contribution in [3.05, 3.63) is 0 Å². The second-order valence-corrected chi connectivity index (χ2v) is 0. The minimum Gasteiger partial charge on any atom is -0.870 e. The Morgan fingerprint density at radius 2 is 1.00 bits per heavy atom. The molecule has 0 rings (SSSR count). The van der Waals surface area contributed by atoms with Crippen LogP contribution in [0.5, 0.6) is 0 Å². The van der Waals surface area contributed by atoms with Gasteiger partial charge in [-0.2, -0.15) is 0 Å². The van der Waals surface area contributed by atoms with Crippen LogP contribution in [0.15, 0.2) is 0 Å². The van der Waals surface area contributed by atoms with E-state index in [4.69, 9.17) is 0 Å². The zero-order valence-corrected chi connectivity index (χ0v) is 9.26. The molecule has 0 aliphatic rings. The third-order valence-corrected chi connectivity index (χ3v) is 0. The molecule has 5 heteroatoms. The molecule has 0 heterocycles. The van der Waals surface area contributed by atoms with Gasteiger partial charge in [0.1, 0.15) is 0 Å². The molecule has 0 fully saturated rings. The summed E-state index contributed by atoms with van der Waals surface area (Å²) in [5.74, 6) is 0. The molecule has 0 aliphatic heterocycles. The van der Waals surface area contributed by atoms with Gasteiger partial charge in [-0.05, 0) is 0 Å². The summed E-state index contributed by atoms with van der Waals surface area (Å²) in [6.07, 6.45) is 0. The van der Waals surface area contributed by atoms with Crippen molar-refractivity contribution in [3.8, 4) is 0 Å². The van der Waals surface area contributed by atoms with Crippen molar-refractivity contribution in [3.63, 3.8) is 0 Å². The van der Waals surface area contributed by atoms with Gasteiger partial charge < -0.3 is 5.48 Å². The summed E-state index contributed by atoms with van der Waals surface area (Å²) in [4.78, 5) is 0. The van der Waals surface area contributed by atoms with Crippen molar-refractivity contribution in [2.45, 2.75) is 0 Å². The molecule has 0 spiro atoms. The third-order valence-electron chi connectivity index (χ3n) is 0. The second-order valence-electron chi connectivity index (χ2n) is 0. The molecule has 0 aromatic heterocycles. The van der Waals surface area contributed by atoms with Gasteiger partial charge in [0, 0.05) is 37.2 Å². The van der Waals surface area contributed by atoms with Gasteiger partial charge in [0.25, 0.3) is 0 Å². The summed E-state index contributed by atoms with van der Waals surface area (Å²) in [6, 6.07) is 0. The number of halogens is 3. The molecule has 0 amide bonds. The monoisotopic (exact) mass is 406 g/mol. The van der Waals surface area contributed by atoms with Crippen molar-refractivity contribution >= 4 is 61.2 Å². The largest absolute Gasteiger partial charge is 1.00 e. The van der Waals surface area contributed by atoms with Crippen molar-refractivity contribution in [2.75, 3.05) is 0 Å². The maximum atomic E-state index is 2.12. The van der Waals surface area contributed by atoms with E-state index in [2.05, 4.69) is 37.2 Å². The summed E-state index contributed by atoms with van der Waals surface area (Å²) in [6.45, 7) is 0. The van der Waals surface area contributed by atoms with Crippen LogP contribution in [0.3, 0.4) is 0 Å². The van der Waals surface area contributed by atoms with E-state index in [1.54, 1.807) is 0 Å². The maximum Gasteiger partial charge on any atom is 1.00 e. The fraction of sp³-hybridized carbons (Fsp3) is 0. The van der Waals surface area contributed by atoms with Gasteiger partial charge in [-0.15, -0.1) is 24.0 Å². The normalized spacial score (nSPS) is 1.20. The van der Waals surface area contributed by atoms with Crippen molar-refractivity contribution in [2.24, 2.45) is 0 Å². The molecular weight excluding hydrogens is 404 g/mol. The van der Waals surface area contributed by atoms with Crippen LogP contribution in [0.2, 0.25) is 0 Å². The van der Waals surface area contributed by atoms with Gasteiger partial charge in [0.05, 0.1) is 0 Å². The Hall–Kier alpha value is 2.75. The maximum absolute atomic E-state index is 2.12. The van der Waals surface area contributed by atoms with Crippen LogP contribution >= 0.6 is 61.2 Å². The Morgan fingerprint density at radius 3 is 1.00 bits per heavy atom. The number of hydrogen-bond donors (Lipinski definition) is 0. The van der Waals surface area contributed by atoms with Gasteiger partial charge in [-0.1, -0.05) is 0 Å². The quantitative estimate of drug-likeness (QED) is 0.384. The standard InChI is InChI=1S/I2.HI.Li.H2O/c1-2;;;/h;1H;;1H2/q;;+1;/p-1. The Bertz CT molecular complexity index is 6.85. The van der Waals surface area contributed by atoms with E-state index >= 15 is 0 Å². The average Bonchev–Trinajstić information content (AvgIpc) is 1.00. The van der Waals surface area contributed by atoms with Crippen LogP contribution in [0.1, 0.15) is 0 Å². The van der Waals surface area contributed by atoms with Crippen LogP contribution in [-0.4, -0.2) is 5.48 Å². The topological polar surface area (TPSA) is 30.0 Å². The van der Waals surface area contributed by atoms with Crippen LogP contribution in [-0.2, 0) is 0 Å². The summed E-state index contributed by atoms with van der Waals surface area (Å²) < 4.78 is 0. The van der Waals surface area contributed by atoms with Gasteiger partial charge in [-0.3, -0.25) is 0 Å². The van der Waals surface area contributed by atoms with Gasteiger partial charge in [-0.25, -0.2) is 0 Å². The van der Waals surface area contributed by atoms with E-state index < -0.39 is 0 Å². The molecular formula is H2I3LiO. The summed E-state index contributed by atoms with van der Waals surface area (Å²) >= 11 is 4.24. The Kier molecular flexibility index (Phi) is 148. The zero-order valence-electron chi connectivity index (χ0n) is 2.61. The van der Waals surface area contributed by atoms with Gasteiger partial charge in [0.15, 0.2) is 0 Å². The molecule has 0 bridgehead atoms.